The first-order chi connectivity index (χ1) is 12.8. The topological polar surface area (TPSA) is 75.6 Å². The van der Waals surface area contributed by atoms with Gasteiger partial charge in [-0.3, -0.25) is 0 Å². The van der Waals surface area contributed by atoms with E-state index in [0.29, 0.717) is 16.4 Å². The number of alkyl halides is 3. The molecule has 0 aliphatic carbocycles. The van der Waals surface area contributed by atoms with Gasteiger partial charge in [0.2, 0.25) is 11.7 Å². The second-order valence-corrected chi connectivity index (χ2v) is 6.81. The second kappa shape index (κ2) is 7.58. The van der Waals surface area contributed by atoms with Gasteiger partial charge in [-0.05, 0) is 25.1 Å². The van der Waals surface area contributed by atoms with E-state index in [0.717, 1.165) is 17.8 Å². The van der Waals surface area contributed by atoms with Crippen molar-refractivity contribution in [3.05, 3.63) is 58.1 Å². The van der Waals surface area contributed by atoms with Crippen LogP contribution in [0.3, 0.4) is 0 Å². The third kappa shape index (κ3) is 4.40. The standard InChI is InChI=1S/C17H10ClF3N4OS/c1-9-5-13(17(19,20)21)12(7-22)16(23-9)27-8-14-24-15(25-26-14)10-3-2-4-11(18)6-10/h2-6H,8H2,1H3. The summed E-state index contributed by atoms with van der Waals surface area (Å²) >= 11 is 6.85. The first-order valence-electron chi connectivity index (χ1n) is 7.48. The highest BCUT2D eigenvalue weighted by Crippen LogP contribution is 2.36. The van der Waals surface area contributed by atoms with Crippen molar-refractivity contribution in [2.75, 3.05) is 0 Å². The van der Waals surface area contributed by atoms with Gasteiger partial charge in [-0.2, -0.15) is 23.4 Å². The molecule has 0 aliphatic heterocycles. The molecule has 3 rings (SSSR count). The maximum absolute atomic E-state index is 13.1. The van der Waals surface area contributed by atoms with Crippen LogP contribution < -0.4 is 0 Å². The molecule has 0 spiro atoms. The molecule has 3 aromatic rings. The van der Waals surface area contributed by atoms with Gasteiger partial charge in [0.15, 0.2) is 0 Å². The van der Waals surface area contributed by atoms with Gasteiger partial charge < -0.3 is 4.52 Å². The molecule has 0 saturated carbocycles. The van der Waals surface area contributed by atoms with Crippen molar-refractivity contribution in [2.45, 2.75) is 23.9 Å². The lowest BCUT2D eigenvalue weighted by atomic mass is 10.1. The van der Waals surface area contributed by atoms with Crippen LogP contribution in [0.2, 0.25) is 5.02 Å². The summed E-state index contributed by atoms with van der Waals surface area (Å²) in [4.78, 5) is 8.24. The van der Waals surface area contributed by atoms with Crippen LogP contribution in [0, 0.1) is 18.3 Å². The Hall–Kier alpha value is -2.57. The minimum Gasteiger partial charge on any atom is -0.338 e. The number of thioether (sulfide) groups is 1. The molecule has 0 radical (unpaired) electrons. The van der Waals surface area contributed by atoms with Crippen molar-refractivity contribution in [3.63, 3.8) is 0 Å². The van der Waals surface area contributed by atoms with E-state index in [1.807, 2.05) is 0 Å². The van der Waals surface area contributed by atoms with Gasteiger partial charge in [0.1, 0.15) is 11.1 Å². The number of pyridine rings is 1. The van der Waals surface area contributed by atoms with E-state index in [-0.39, 0.29) is 22.4 Å². The molecule has 1 aromatic carbocycles. The van der Waals surface area contributed by atoms with Gasteiger partial charge in [0.25, 0.3) is 0 Å². The molecule has 0 saturated heterocycles. The molecule has 2 aromatic heterocycles. The number of nitriles is 1. The molecule has 0 unspecified atom stereocenters. The molecule has 0 atom stereocenters. The van der Waals surface area contributed by atoms with Gasteiger partial charge in [0, 0.05) is 16.3 Å². The predicted molar refractivity (Wildman–Crippen MR) is 93.0 cm³/mol. The second-order valence-electron chi connectivity index (χ2n) is 5.41. The SMILES string of the molecule is Cc1cc(C(F)(F)F)c(C#N)c(SCc2nc(-c3cccc(Cl)c3)no2)n1. The average molecular weight is 411 g/mol. The first kappa shape index (κ1) is 19.2. The van der Waals surface area contributed by atoms with Crippen LogP contribution in [0.25, 0.3) is 11.4 Å². The number of aryl methyl sites for hydroxylation is 1. The zero-order valence-corrected chi connectivity index (χ0v) is 15.3. The summed E-state index contributed by atoms with van der Waals surface area (Å²) in [5, 5.41) is 13.5. The van der Waals surface area contributed by atoms with Crippen molar-refractivity contribution >= 4 is 23.4 Å². The monoisotopic (exact) mass is 410 g/mol. The molecule has 27 heavy (non-hydrogen) atoms. The summed E-state index contributed by atoms with van der Waals surface area (Å²) in [5.74, 6) is 0.563. The Morgan fingerprint density at radius 3 is 2.70 bits per heavy atom. The molecule has 0 aliphatic rings. The van der Waals surface area contributed by atoms with Gasteiger partial charge >= 0.3 is 6.18 Å². The molecule has 0 amide bonds. The normalized spacial score (nSPS) is 11.4. The molecule has 138 valence electrons. The number of halogens is 4. The summed E-state index contributed by atoms with van der Waals surface area (Å²) in [6, 6.07) is 9.29. The van der Waals surface area contributed by atoms with E-state index in [9.17, 15) is 13.2 Å². The third-order valence-electron chi connectivity index (χ3n) is 3.41. The van der Waals surface area contributed by atoms with E-state index in [4.69, 9.17) is 21.4 Å². The predicted octanol–water partition coefficient (Wildman–Crippen LogP) is 5.28. The molecular formula is C17H10ClF3N4OS. The summed E-state index contributed by atoms with van der Waals surface area (Å²) in [6.45, 7) is 1.43. The van der Waals surface area contributed by atoms with Crippen LogP contribution in [0.4, 0.5) is 13.2 Å². The van der Waals surface area contributed by atoms with Crippen LogP contribution in [0.15, 0.2) is 39.9 Å². The lowest BCUT2D eigenvalue weighted by molar-refractivity contribution is -0.138. The van der Waals surface area contributed by atoms with Crippen molar-refractivity contribution in [1.29, 1.82) is 5.26 Å². The summed E-state index contributed by atoms with van der Waals surface area (Å²) in [7, 11) is 0. The van der Waals surface area contributed by atoms with Crippen molar-refractivity contribution < 1.29 is 17.7 Å². The lowest BCUT2D eigenvalue weighted by Gasteiger charge is -2.12. The summed E-state index contributed by atoms with van der Waals surface area (Å²) in [5.41, 5.74) is -0.722. The first-order valence-corrected chi connectivity index (χ1v) is 8.84. The van der Waals surface area contributed by atoms with E-state index >= 15 is 0 Å². The zero-order valence-electron chi connectivity index (χ0n) is 13.7. The van der Waals surface area contributed by atoms with E-state index in [2.05, 4.69) is 15.1 Å². The zero-order chi connectivity index (χ0) is 19.6. The van der Waals surface area contributed by atoms with Gasteiger partial charge in [0.05, 0.1) is 16.9 Å². The number of hydrogen-bond acceptors (Lipinski definition) is 6. The molecule has 10 heteroatoms. The van der Waals surface area contributed by atoms with Gasteiger partial charge in [-0.15, -0.1) is 0 Å². The minimum atomic E-state index is -4.64. The Balaban J connectivity index is 1.84. The smallest absolute Gasteiger partial charge is 0.338 e. The van der Waals surface area contributed by atoms with Crippen LogP contribution in [0.5, 0.6) is 0 Å². The lowest BCUT2D eigenvalue weighted by Crippen LogP contribution is -2.10. The molecule has 0 N–H and O–H groups in total. The maximum Gasteiger partial charge on any atom is 0.417 e. The highest BCUT2D eigenvalue weighted by atomic mass is 35.5. The molecular weight excluding hydrogens is 401 g/mol. The Morgan fingerprint density at radius 2 is 2.04 bits per heavy atom. The Labute approximate surface area is 161 Å². The fourth-order valence-electron chi connectivity index (χ4n) is 2.27. The molecule has 0 bridgehead atoms. The summed E-state index contributed by atoms with van der Waals surface area (Å²) in [6.07, 6.45) is -4.64. The highest BCUT2D eigenvalue weighted by molar-refractivity contribution is 7.98. The van der Waals surface area contributed by atoms with E-state index in [1.165, 1.54) is 6.92 Å². The Kier molecular flexibility index (Phi) is 5.39. The minimum absolute atomic E-state index is 0.0349. The van der Waals surface area contributed by atoms with Crippen LogP contribution in [-0.2, 0) is 11.9 Å². The maximum atomic E-state index is 13.1. The quantitative estimate of drug-likeness (QED) is 0.545. The van der Waals surface area contributed by atoms with Gasteiger partial charge in [-0.25, -0.2) is 4.98 Å². The largest absolute Gasteiger partial charge is 0.417 e. The fraction of sp³-hybridized carbons (Fsp3) is 0.176. The van der Waals surface area contributed by atoms with E-state index in [1.54, 1.807) is 30.3 Å². The van der Waals surface area contributed by atoms with E-state index < -0.39 is 17.3 Å². The number of rotatable bonds is 4. The highest BCUT2D eigenvalue weighted by Gasteiger charge is 2.35. The third-order valence-corrected chi connectivity index (χ3v) is 4.61. The molecule has 0 fully saturated rings. The number of benzene rings is 1. The van der Waals surface area contributed by atoms with Crippen molar-refractivity contribution in [1.82, 2.24) is 15.1 Å². The summed E-state index contributed by atoms with van der Waals surface area (Å²) < 4.78 is 44.6. The Bertz CT molecular complexity index is 1030. The van der Waals surface area contributed by atoms with Crippen LogP contribution in [0.1, 0.15) is 22.7 Å². The molecule has 5 nitrogen and oxygen atoms in total. The fourth-order valence-corrected chi connectivity index (χ4v) is 3.35. The van der Waals surface area contributed by atoms with Crippen LogP contribution >= 0.6 is 23.4 Å². The van der Waals surface area contributed by atoms with Crippen LogP contribution in [-0.4, -0.2) is 15.1 Å². The van der Waals surface area contributed by atoms with Crippen molar-refractivity contribution in [3.8, 4) is 17.5 Å². The molecule has 2 heterocycles. The van der Waals surface area contributed by atoms with Crippen molar-refractivity contribution in [2.24, 2.45) is 0 Å². The number of hydrogen-bond donors (Lipinski definition) is 0. The average Bonchev–Trinajstić information content (AvgIpc) is 3.07. The van der Waals surface area contributed by atoms with Gasteiger partial charge in [-0.1, -0.05) is 40.7 Å². The Morgan fingerprint density at radius 1 is 1.26 bits per heavy atom. The number of nitrogens with zero attached hydrogens (tertiary/aromatic N) is 4. The number of aromatic nitrogens is 3.